The first-order chi connectivity index (χ1) is 13.6. The number of anilines is 1. The molecule has 3 aromatic rings. The van der Waals surface area contributed by atoms with Gasteiger partial charge in [0, 0.05) is 11.5 Å². The third-order valence-corrected chi connectivity index (χ3v) is 8.06. The normalized spacial score (nSPS) is 26.7. The third-order valence-electron chi connectivity index (χ3n) is 7.34. The largest absolute Gasteiger partial charge is 0.360 e. The quantitative estimate of drug-likeness (QED) is 0.603. The van der Waals surface area contributed by atoms with Gasteiger partial charge in [-0.15, -0.1) is 0 Å². The van der Waals surface area contributed by atoms with Gasteiger partial charge in [0.15, 0.2) is 5.82 Å². The van der Waals surface area contributed by atoms with Gasteiger partial charge in [-0.2, -0.15) is 0 Å². The Kier molecular flexibility index (Phi) is 3.70. The number of rotatable bonds is 2. The molecule has 0 unspecified atom stereocenters. The number of halogens is 2. The molecule has 1 amide bonds. The van der Waals surface area contributed by atoms with E-state index in [0.29, 0.717) is 39.1 Å². The van der Waals surface area contributed by atoms with Crippen molar-refractivity contribution in [2.45, 2.75) is 51.4 Å². The molecule has 0 saturated heterocycles. The summed E-state index contributed by atoms with van der Waals surface area (Å²) in [5, 5.41) is 7.73. The summed E-state index contributed by atoms with van der Waals surface area (Å²) in [5.74, 6) is 0.910. The van der Waals surface area contributed by atoms with Gasteiger partial charge in [-0.3, -0.25) is 4.79 Å². The molecule has 29 heavy (non-hydrogen) atoms. The van der Waals surface area contributed by atoms with Gasteiger partial charge in [-0.25, -0.2) is 9.97 Å². The summed E-state index contributed by atoms with van der Waals surface area (Å²) in [6, 6.07) is 5.15. The van der Waals surface area contributed by atoms with Crippen LogP contribution in [0.2, 0.25) is 10.0 Å². The van der Waals surface area contributed by atoms with Gasteiger partial charge in [-0.05, 0) is 37.3 Å². The summed E-state index contributed by atoms with van der Waals surface area (Å²) in [4.78, 5) is 23.5. The molecule has 0 aliphatic heterocycles. The van der Waals surface area contributed by atoms with Crippen LogP contribution >= 0.6 is 23.2 Å². The number of hydrogen-bond acceptors (Lipinski definition) is 5. The van der Waals surface area contributed by atoms with Crippen LogP contribution in [-0.2, 0) is 15.6 Å². The Balaban J connectivity index is 1.73. The Morgan fingerprint density at radius 1 is 1.03 bits per heavy atom. The molecule has 1 saturated carbocycles. The second kappa shape index (κ2) is 5.70. The molecule has 2 bridgehead atoms. The molecule has 0 radical (unpaired) electrons. The van der Waals surface area contributed by atoms with Gasteiger partial charge in [0.1, 0.15) is 5.76 Å². The lowest BCUT2D eigenvalue weighted by atomic mass is 9.63. The minimum absolute atomic E-state index is 0.132. The molecule has 2 aliphatic carbocycles. The number of nitrogens with one attached hydrogen (secondary N) is 1. The highest BCUT2D eigenvalue weighted by molar-refractivity contribution is 6.42. The van der Waals surface area contributed by atoms with E-state index in [1.54, 1.807) is 25.1 Å². The van der Waals surface area contributed by atoms with E-state index in [1.807, 2.05) is 0 Å². The minimum atomic E-state index is -0.822. The van der Waals surface area contributed by atoms with Crippen molar-refractivity contribution in [1.82, 2.24) is 15.1 Å². The van der Waals surface area contributed by atoms with E-state index in [0.717, 1.165) is 17.8 Å². The van der Waals surface area contributed by atoms with E-state index in [-0.39, 0.29) is 11.3 Å². The molecule has 1 fully saturated rings. The lowest BCUT2D eigenvalue weighted by molar-refractivity contribution is -0.125. The van der Waals surface area contributed by atoms with Gasteiger partial charge >= 0.3 is 0 Å². The molecule has 0 spiro atoms. The Morgan fingerprint density at radius 2 is 1.66 bits per heavy atom. The molecular formula is C21H20Cl2N4O2. The molecule has 8 heteroatoms. The first-order valence-corrected chi connectivity index (χ1v) is 10.3. The Labute approximate surface area is 178 Å². The van der Waals surface area contributed by atoms with Crippen molar-refractivity contribution in [3.05, 3.63) is 45.4 Å². The molecule has 2 heterocycles. The molecule has 1 aromatic carbocycles. The molecule has 5 rings (SSSR count). The summed E-state index contributed by atoms with van der Waals surface area (Å²) >= 11 is 12.4. The number of benzene rings is 1. The van der Waals surface area contributed by atoms with Crippen LogP contribution in [0.3, 0.4) is 0 Å². The van der Waals surface area contributed by atoms with Gasteiger partial charge in [-0.1, -0.05) is 49.1 Å². The maximum Gasteiger partial charge on any atom is 0.238 e. The van der Waals surface area contributed by atoms with Crippen LogP contribution in [-0.4, -0.2) is 21.0 Å². The van der Waals surface area contributed by atoms with Crippen LogP contribution in [0.25, 0.3) is 11.0 Å². The van der Waals surface area contributed by atoms with Gasteiger partial charge < -0.3 is 9.84 Å². The average Bonchev–Trinajstić information content (AvgIpc) is 3.19. The zero-order valence-electron chi connectivity index (χ0n) is 16.6. The van der Waals surface area contributed by atoms with Crippen molar-refractivity contribution in [3.8, 4) is 0 Å². The second-order valence-corrected chi connectivity index (χ2v) is 9.63. The number of hydrogen-bond donors (Lipinski definition) is 1. The molecule has 2 atom stereocenters. The maximum atomic E-state index is 13.7. The van der Waals surface area contributed by atoms with Crippen LogP contribution in [0.4, 0.5) is 5.82 Å². The van der Waals surface area contributed by atoms with Crippen molar-refractivity contribution < 1.29 is 9.32 Å². The number of aromatic nitrogens is 3. The van der Waals surface area contributed by atoms with E-state index in [1.165, 1.54) is 0 Å². The summed E-state index contributed by atoms with van der Waals surface area (Å²) in [6.07, 6.45) is 1.54. The number of aryl methyl sites for hydroxylation is 1. The Morgan fingerprint density at radius 3 is 2.24 bits per heavy atom. The number of fused-ring (bicyclic) bond motifs is 6. The van der Waals surface area contributed by atoms with Crippen molar-refractivity contribution >= 4 is 46.0 Å². The smallest absolute Gasteiger partial charge is 0.238 e. The standard InChI is InChI=1S/C21H20Cl2N4O2/c1-10-7-15(27-29-10)26-18(28)21-6-5-20(4,19(21,2)3)16-17(21)25-14-9-12(23)11(22)8-13(14)24-16/h7-9H,5-6H2,1-4H3,(H,26,27,28)/t20-,21+/m0/s1. The highest BCUT2D eigenvalue weighted by Crippen LogP contribution is 2.70. The van der Waals surface area contributed by atoms with E-state index in [2.05, 4.69) is 31.2 Å². The minimum Gasteiger partial charge on any atom is -0.360 e. The lowest BCUT2D eigenvalue weighted by Gasteiger charge is -2.39. The summed E-state index contributed by atoms with van der Waals surface area (Å²) in [6.45, 7) is 8.21. The maximum absolute atomic E-state index is 13.7. The monoisotopic (exact) mass is 430 g/mol. The number of carbonyl (C=O) groups is 1. The fourth-order valence-corrected chi connectivity index (χ4v) is 5.57. The SMILES string of the molecule is Cc1cc(NC(=O)[C@@]23CC[C@@](C)(c4nc5cc(Cl)c(Cl)cc5nc42)C3(C)C)no1. The molecule has 150 valence electrons. The van der Waals surface area contributed by atoms with Crippen LogP contribution < -0.4 is 5.32 Å². The first-order valence-electron chi connectivity index (χ1n) is 9.53. The summed E-state index contributed by atoms with van der Waals surface area (Å²) in [7, 11) is 0. The van der Waals surface area contributed by atoms with Crippen LogP contribution in [0.1, 0.15) is 50.8 Å². The van der Waals surface area contributed by atoms with Crippen molar-refractivity contribution in [1.29, 1.82) is 0 Å². The molecular weight excluding hydrogens is 411 g/mol. The zero-order valence-corrected chi connectivity index (χ0v) is 18.1. The van der Waals surface area contributed by atoms with Crippen LogP contribution in [0.5, 0.6) is 0 Å². The summed E-state index contributed by atoms with van der Waals surface area (Å²) in [5.41, 5.74) is 1.41. The average molecular weight is 431 g/mol. The van der Waals surface area contributed by atoms with Crippen molar-refractivity contribution in [2.75, 3.05) is 5.32 Å². The molecule has 6 nitrogen and oxygen atoms in total. The molecule has 2 aliphatic rings. The fourth-order valence-electron chi connectivity index (χ4n) is 5.25. The van der Waals surface area contributed by atoms with Gasteiger partial charge in [0.2, 0.25) is 5.91 Å². The predicted octanol–water partition coefficient (Wildman–Crippen LogP) is 5.20. The van der Waals surface area contributed by atoms with Gasteiger partial charge in [0.25, 0.3) is 0 Å². The van der Waals surface area contributed by atoms with E-state index < -0.39 is 10.8 Å². The molecule has 1 N–H and O–H groups in total. The predicted molar refractivity (Wildman–Crippen MR) is 111 cm³/mol. The van der Waals surface area contributed by atoms with Gasteiger partial charge in [0.05, 0.1) is 37.9 Å². The Hall–Kier alpha value is -2.18. The zero-order chi connectivity index (χ0) is 20.8. The van der Waals surface area contributed by atoms with Crippen molar-refractivity contribution in [2.24, 2.45) is 5.41 Å². The topological polar surface area (TPSA) is 80.9 Å². The van der Waals surface area contributed by atoms with E-state index in [9.17, 15) is 4.79 Å². The lowest BCUT2D eigenvalue weighted by Crippen LogP contribution is -2.48. The van der Waals surface area contributed by atoms with Crippen molar-refractivity contribution in [3.63, 3.8) is 0 Å². The number of nitrogens with zero attached hydrogens (tertiary/aromatic N) is 3. The fraction of sp³-hybridized carbons (Fsp3) is 0.429. The highest BCUT2D eigenvalue weighted by atomic mass is 35.5. The number of carbonyl (C=O) groups excluding carboxylic acids is 1. The Bertz CT molecular complexity index is 1200. The van der Waals surface area contributed by atoms with Crippen LogP contribution in [0, 0.1) is 12.3 Å². The van der Waals surface area contributed by atoms with Crippen LogP contribution in [0.15, 0.2) is 22.7 Å². The summed E-state index contributed by atoms with van der Waals surface area (Å²) < 4.78 is 5.11. The highest BCUT2D eigenvalue weighted by Gasteiger charge is 2.73. The second-order valence-electron chi connectivity index (χ2n) is 8.82. The molecule has 2 aromatic heterocycles. The first kappa shape index (κ1) is 18.8. The number of amides is 1. The van der Waals surface area contributed by atoms with E-state index in [4.69, 9.17) is 37.7 Å². The third kappa shape index (κ3) is 2.19. The van der Waals surface area contributed by atoms with E-state index >= 15 is 0 Å².